The molecule has 0 aliphatic carbocycles. The minimum absolute atomic E-state index is 0.173. The maximum atomic E-state index is 12.1. The van der Waals surface area contributed by atoms with Crippen LogP contribution in [0.25, 0.3) is 21.0 Å². The van der Waals surface area contributed by atoms with Gasteiger partial charge in [-0.2, -0.15) is 5.26 Å². The number of nitrogens with one attached hydrogen (secondary N) is 1. The summed E-state index contributed by atoms with van der Waals surface area (Å²) in [6, 6.07) is 11.7. The van der Waals surface area contributed by atoms with Crippen LogP contribution in [0.5, 0.6) is 0 Å². The summed E-state index contributed by atoms with van der Waals surface area (Å²) in [6.45, 7) is 2.01. The number of aromatic nitrogens is 1. The molecule has 0 saturated heterocycles. The molecule has 3 heterocycles. The lowest BCUT2D eigenvalue weighted by molar-refractivity contribution is 1.23. The normalized spacial score (nSPS) is 10.4. The highest BCUT2D eigenvalue weighted by Gasteiger charge is 2.13. The Morgan fingerprint density at radius 3 is 2.70 bits per heavy atom. The number of aromatic amines is 1. The lowest BCUT2D eigenvalue weighted by Gasteiger charge is -2.04. The highest BCUT2D eigenvalue weighted by Crippen LogP contribution is 2.32. The van der Waals surface area contributed by atoms with Gasteiger partial charge in [0.05, 0.1) is 10.6 Å². The third-order valence-corrected chi connectivity index (χ3v) is 4.87. The van der Waals surface area contributed by atoms with Crippen LogP contribution in [0.1, 0.15) is 10.4 Å². The van der Waals surface area contributed by atoms with Gasteiger partial charge in [-0.15, -0.1) is 22.7 Å². The van der Waals surface area contributed by atoms with Crippen molar-refractivity contribution in [3.8, 4) is 27.1 Å². The lowest BCUT2D eigenvalue weighted by Crippen LogP contribution is -2.12. The number of rotatable bonds is 2. The molecule has 0 fully saturated rings. The third kappa shape index (κ3) is 2.20. The molecule has 0 spiro atoms. The molecule has 20 heavy (non-hydrogen) atoms. The summed E-state index contributed by atoms with van der Waals surface area (Å²) >= 11 is 3.14. The summed E-state index contributed by atoms with van der Waals surface area (Å²) in [5.74, 6) is 0. The average molecular weight is 298 g/mol. The Morgan fingerprint density at radius 2 is 2.10 bits per heavy atom. The van der Waals surface area contributed by atoms with Gasteiger partial charge >= 0.3 is 0 Å². The van der Waals surface area contributed by atoms with Crippen molar-refractivity contribution in [2.75, 3.05) is 0 Å². The Balaban J connectivity index is 2.27. The number of pyridine rings is 1. The van der Waals surface area contributed by atoms with Crippen LogP contribution in [0.3, 0.4) is 0 Å². The highest BCUT2D eigenvalue weighted by molar-refractivity contribution is 7.15. The summed E-state index contributed by atoms with van der Waals surface area (Å²) in [6.07, 6.45) is 0. The fraction of sp³-hybridized carbons (Fsp3) is 0.0667. The molecule has 0 aliphatic heterocycles. The van der Waals surface area contributed by atoms with Crippen LogP contribution in [0.15, 0.2) is 40.5 Å². The van der Waals surface area contributed by atoms with E-state index in [1.165, 1.54) is 0 Å². The van der Waals surface area contributed by atoms with E-state index in [0.29, 0.717) is 5.56 Å². The van der Waals surface area contributed by atoms with Crippen LogP contribution in [-0.4, -0.2) is 4.98 Å². The molecule has 3 nitrogen and oxygen atoms in total. The van der Waals surface area contributed by atoms with Crippen molar-refractivity contribution >= 4 is 22.7 Å². The van der Waals surface area contributed by atoms with E-state index >= 15 is 0 Å². The molecule has 3 aromatic heterocycles. The molecule has 5 heteroatoms. The van der Waals surface area contributed by atoms with Crippen LogP contribution in [0.2, 0.25) is 0 Å². The van der Waals surface area contributed by atoms with Gasteiger partial charge in [0.15, 0.2) is 0 Å². The van der Waals surface area contributed by atoms with E-state index in [-0.39, 0.29) is 11.1 Å². The molecular formula is C15H10N2OS2. The molecule has 0 aromatic carbocycles. The first-order valence-corrected chi connectivity index (χ1v) is 7.67. The molecule has 0 aliphatic rings. The van der Waals surface area contributed by atoms with E-state index in [4.69, 9.17) is 0 Å². The van der Waals surface area contributed by atoms with E-state index in [0.717, 1.165) is 20.3 Å². The van der Waals surface area contributed by atoms with Gasteiger partial charge in [-0.05, 0) is 36.6 Å². The van der Waals surface area contributed by atoms with E-state index in [2.05, 4.69) is 4.98 Å². The van der Waals surface area contributed by atoms with Crippen LogP contribution in [0, 0.1) is 18.3 Å². The van der Waals surface area contributed by atoms with Gasteiger partial charge in [-0.1, -0.05) is 6.07 Å². The zero-order valence-electron chi connectivity index (χ0n) is 10.6. The van der Waals surface area contributed by atoms with Gasteiger partial charge in [0, 0.05) is 15.3 Å². The summed E-state index contributed by atoms with van der Waals surface area (Å²) in [5.41, 5.74) is 1.30. The first-order valence-electron chi connectivity index (χ1n) is 5.97. The van der Waals surface area contributed by atoms with Gasteiger partial charge in [-0.25, -0.2) is 0 Å². The number of hydrogen-bond acceptors (Lipinski definition) is 4. The van der Waals surface area contributed by atoms with Crippen molar-refractivity contribution in [2.45, 2.75) is 6.92 Å². The third-order valence-electron chi connectivity index (χ3n) is 2.94. The molecule has 3 aromatic rings. The van der Waals surface area contributed by atoms with Gasteiger partial charge < -0.3 is 4.98 Å². The molecule has 0 bridgehead atoms. The van der Waals surface area contributed by atoms with Gasteiger partial charge in [0.25, 0.3) is 5.56 Å². The monoisotopic (exact) mass is 298 g/mol. The van der Waals surface area contributed by atoms with E-state index in [1.807, 2.05) is 48.7 Å². The number of H-pyrrole nitrogens is 1. The number of nitriles is 1. The van der Waals surface area contributed by atoms with Crippen molar-refractivity contribution in [1.29, 1.82) is 5.26 Å². The summed E-state index contributed by atoms with van der Waals surface area (Å²) < 4.78 is 0. The van der Waals surface area contributed by atoms with Gasteiger partial charge in [0.2, 0.25) is 0 Å². The molecule has 0 radical (unpaired) electrons. The highest BCUT2D eigenvalue weighted by atomic mass is 32.1. The standard InChI is InChI=1S/C15H10N2OS2/c1-9-4-5-13(20-9)10-7-12(14-3-2-6-19-14)17-15(18)11(10)8-16/h2-7H,1H3,(H,17,18). The van der Waals surface area contributed by atoms with Crippen molar-refractivity contribution in [3.05, 3.63) is 56.5 Å². The van der Waals surface area contributed by atoms with E-state index in [9.17, 15) is 10.1 Å². The SMILES string of the molecule is Cc1ccc(-c2cc(-c3cccs3)[nH]c(=O)c2C#N)s1. The average Bonchev–Trinajstić information content (AvgIpc) is 3.08. The Morgan fingerprint density at radius 1 is 1.25 bits per heavy atom. The zero-order valence-corrected chi connectivity index (χ0v) is 12.3. The number of hydrogen-bond donors (Lipinski definition) is 1. The van der Waals surface area contributed by atoms with E-state index < -0.39 is 0 Å². The van der Waals surface area contributed by atoms with E-state index in [1.54, 1.807) is 22.7 Å². The van der Waals surface area contributed by atoms with Crippen LogP contribution in [-0.2, 0) is 0 Å². The second-order valence-electron chi connectivity index (χ2n) is 4.30. The summed E-state index contributed by atoms with van der Waals surface area (Å²) in [7, 11) is 0. The van der Waals surface area contributed by atoms with Gasteiger partial charge in [-0.3, -0.25) is 4.79 Å². The fourth-order valence-electron chi connectivity index (χ4n) is 2.01. The molecule has 0 unspecified atom stereocenters. The Labute approximate surface area is 123 Å². The smallest absolute Gasteiger partial charge is 0.267 e. The Kier molecular flexibility index (Phi) is 3.26. The summed E-state index contributed by atoms with van der Waals surface area (Å²) in [5, 5.41) is 11.2. The predicted octanol–water partition coefficient (Wildman–Crippen LogP) is 4.01. The second-order valence-corrected chi connectivity index (χ2v) is 6.54. The minimum Gasteiger partial charge on any atom is -0.320 e. The first-order chi connectivity index (χ1) is 9.69. The number of aryl methyl sites for hydroxylation is 1. The fourth-order valence-corrected chi connectivity index (χ4v) is 3.60. The zero-order chi connectivity index (χ0) is 14.1. The molecule has 1 N–H and O–H groups in total. The number of nitrogens with zero attached hydrogens (tertiary/aromatic N) is 1. The molecule has 3 rings (SSSR count). The topological polar surface area (TPSA) is 56.6 Å². The predicted molar refractivity (Wildman–Crippen MR) is 83.1 cm³/mol. The maximum Gasteiger partial charge on any atom is 0.267 e. The number of thiophene rings is 2. The van der Waals surface area contributed by atoms with Crippen molar-refractivity contribution in [3.63, 3.8) is 0 Å². The van der Waals surface area contributed by atoms with Crippen LogP contribution in [0.4, 0.5) is 0 Å². The second kappa shape index (κ2) is 5.08. The van der Waals surface area contributed by atoms with Crippen molar-refractivity contribution < 1.29 is 0 Å². The first kappa shape index (κ1) is 12.9. The molecule has 0 saturated carbocycles. The quantitative estimate of drug-likeness (QED) is 0.777. The summed E-state index contributed by atoms with van der Waals surface area (Å²) in [4.78, 5) is 18.0. The largest absolute Gasteiger partial charge is 0.320 e. The maximum absolute atomic E-state index is 12.1. The van der Waals surface area contributed by atoms with Crippen molar-refractivity contribution in [1.82, 2.24) is 4.98 Å². The minimum atomic E-state index is -0.334. The molecular weight excluding hydrogens is 288 g/mol. The lowest BCUT2D eigenvalue weighted by atomic mass is 10.1. The molecule has 0 atom stereocenters. The van der Waals surface area contributed by atoms with Crippen LogP contribution < -0.4 is 5.56 Å². The Bertz CT molecular complexity index is 851. The molecule has 98 valence electrons. The molecule has 0 amide bonds. The van der Waals surface area contributed by atoms with Gasteiger partial charge in [0.1, 0.15) is 11.6 Å². The van der Waals surface area contributed by atoms with Crippen molar-refractivity contribution in [2.24, 2.45) is 0 Å². The van der Waals surface area contributed by atoms with Crippen LogP contribution >= 0.6 is 22.7 Å². The Hall–Kier alpha value is -2.16.